The third-order valence-electron chi connectivity index (χ3n) is 0.779. The minimum Gasteiger partial charge on any atom is -0.395 e. The molecule has 0 spiro atoms. The lowest BCUT2D eigenvalue weighted by molar-refractivity contribution is 0.120. The molecule has 0 aliphatic rings. The Kier molecular flexibility index (Phi) is 2.91. The van der Waals surface area contributed by atoms with Crippen molar-refractivity contribution in [1.29, 1.82) is 0 Å². The zero-order valence-corrected chi connectivity index (χ0v) is 4.26. The van der Waals surface area contributed by atoms with Crippen LogP contribution < -0.4 is 5.73 Å². The molecule has 0 fully saturated rings. The average molecular weight is 104 g/mol. The van der Waals surface area contributed by atoms with Gasteiger partial charge in [0.25, 0.3) is 0 Å². The highest BCUT2D eigenvalue weighted by atomic mass is 16.3. The highest BCUT2D eigenvalue weighted by molar-refractivity contribution is 4.62. The van der Waals surface area contributed by atoms with Crippen molar-refractivity contribution in [2.75, 3.05) is 6.61 Å². The van der Waals surface area contributed by atoms with E-state index in [-0.39, 0.29) is 6.61 Å². The molecule has 0 aromatic rings. The van der Waals surface area contributed by atoms with Crippen molar-refractivity contribution >= 4 is 0 Å². The smallest absolute Gasteiger partial charge is 0.0701 e. The van der Waals surface area contributed by atoms with Crippen LogP contribution in [0.15, 0.2) is 0 Å². The van der Waals surface area contributed by atoms with Crippen LogP contribution in [-0.4, -0.2) is 29.0 Å². The third-order valence-corrected chi connectivity index (χ3v) is 0.779. The van der Waals surface area contributed by atoms with Crippen molar-refractivity contribution in [3.05, 3.63) is 0 Å². The molecule has 2 atom stereocenters. The summed E-state index contributed by atoms with van der Waals surface area (Å²) in [7, 11) is 0. The van der Waals surface area contributed by atoms with E-state index in [0.717, 1.165) is 0 Å². The van der Waals surface area contributed by atoms with Gasteiger partial charge in [-0.3, -0.25) is 0 Å². The van der Waals surface area contributed by atoms with Crippen LogP contribution in [0.5, 0.6) is 0 Å². The van der Waals surface area contributed by atoms with Crippen LogP contribution >= 0.6 is 0 Å². The van der Waals surface area contributed by atoms with E-state index in [9.17, 15) is 0 Å². The summed E-state index contributed by atoms with van der Waals surface area (Å²) in [6.07, 6.45) is -0.718. The molecule has 3 N–H and O–H groups in total. The zero-order chi connectivity index (χ0) is 5.86. The normalized spacial score (nSPS) is 18.9. The van der Waals surface area contributed by atoms with Gasteiger partial charge in [0.15, 0.2) is 0 Å². The first kappa shape index (κ1) is 6.88. The molecule has 0 saturated carbocycles. The van der Waals surface area contributed by atoms with Gasteiger partial charge in [0.1, 0.15) is 0 Å². The number of rotatable bonds is 2. The quantitative estimate of drug-likeness (QED) is 0.472. The molecule has 0 aromatic carbocycles. The van der Waals surface area contributed by atoms with E-state index >= 15 is 0 Å². The molecular weight excluding hydrogens is 94.0 g/mol. The van der Waals surface area contributed by atoms with Gasteiger partial charge in [0, 0.05) is 0 Å². The van der Waals surface area contributed by atoms with Crippen molar-refractivity contribution < 1.29 is 10.2 Å². The fourth-order valence-corrected chi connectivity index (χ4v) is 0.153. The molecule has 7 heavy (non-hydrogen) atoms. The van der Waals surface area contributed by atoms with Crippen LogP contribution in [0.1, 0.15) is 6.92 Å². The molecule has 0 heterocycles. The predicted octanol–water partition coefficient (Wildman–Crippen LogP) is -0.989. The van der Waals surface area contributed by atoms with E-state index in [2.05, 4.69) is 0 Å². The van der Waals surface area contributed by atoms with Gasteiger partial charge in [-0.25, -0.2) is 5.73 Å². The van der Waals surface area contributed by atoms with Gasteiger partial charge < -0.3 is 10.2 Å². The van der Waals surface area contributed by atoms with Gasteiger partial charge in [-0.05, 0) is 6.92 Å². The Morgan fingerprint density at radius 2 is 2.14 bits per heavy atom. The lowest BCUT2D eigenvalue weighted by Gasteiger charge is -2.07. The van der Waals surface area contributed by atoms with Gasteiger partial charge in [-0.2, -0.15) is 0 Å². The molecule has 0 aliphatic heterocycles. The van der Waals surface area contributed by atoms with Crippen molar-refractivity contribution in [3.8, 4) is 0 Å². The fourth-order valence-electron chi connectivity index (χ4n) is 0.153. The maximum absolute atomic E-state index is 8.47. The molecular formula is C4H10NO2. The first-order valence-electron chi connectivity index (χ1n) is 2.18. The average Bonchev–Trinajstić information content (AvgIpc) is 1.65. The van der Waals surface area contributed by atoms with E-state index in [1.807, 2.05) is 0 Å². The molecule has 1 radical (unpaired) electrons. The highest BCUT2D eigenvalue weighted by Gasteiger charge is 2.05. The minimum atomic E-state index is -0.736. The Bertz CT molecular complexity index is 47.0. The van der Waals surface area contributed by atoms with E-state index < -0.39 is 12.1 Å². The molecule has 43 valence electrons. The number of aliphatic hydroxyl groups excluding tert-OH is 2. The molecule has 0 unspecified atom stereocenters. The Labute approximate surface area is 42.8 Å². The summed E-state index contributed by atoms with van der Waals surface area (Å²) < 4.78 is 0. The highest BCUT2D eigenvalue weighted by Crippen LogP contribution is 1.85. The molecule has 0 aliphatic carbocycles. The third kappa shape index (κ3) is 2.56. The lowest BCUT2D eigenvalue weighted by Crippen LogP contribution is -2.27. The number of nitrogens with one attached hydrogen (secondary N) is 1. The number of hydrogen-bond donors (Lipinski definition) is 2. The van der Waals surface area contributed by atoms with E-state index in [4.69, 9.17) is 15.9 Å². The molecule has 0 amide bonds. The molecule has 0 aromatic heterocycles. The van der Waals surface area contributed by atoms with Gasteiger partial charge in [-0.1, -0.05) is 0 Å². The number of hydrogen-bond acceptors (Lipinski definition) is 2. The van der Waals surface area contributed by atoms with Crippen molar-refractivity contribution in [2.24, 2.45) is 0 Å². The summed E-state index contributed by atoms with van der Waals surface area (Å²) in [6, 6.07) is -0.736. The largest absolute Gasteiger partial charge is 0.395 e. The van der Waals surface area contributed by atoms with Crippen LogP contribution in [0, 0.1) is 0 Å². The Hall–Kier alpha value is -0.120. The van der Waals surface area contributed by atoms with Crippen LogP contribution in [0.3, 0.4) is 0 Å². The lowest BCUT2D eigenvalue weighted by atomic mass is 10.2. The molecule has 3 nitrogen and oxygen atoms in total. The second-order valence-corrected chi connectivity index (χ2v) is 1.53. The summed E-state index contributed by atoms with van der Waals surface area (Å²) in [5, 5.41) is 16.6. The maximum Gasteiger partial charge on any atom is 0.0701 e. The monoisotopic (exact) mass is 104 g/mol. The van der Waals surface area contributed by atoms with Crippen molar-refractivity contribution in [3.63, 3.8) is 0 Å². The van der Waals surface area contributed by atoms with Crippen LogP contribution in [0.2, 0.25) is 0 Å². The Morgan fingerprint density at radius 1 is 1.71 bits per heavy atom. The molecule has 3 heteroatoms. The molecule has 0 bridgehead atoms. The summed E-state index contributed by atoms with van der Waals surface area (Å²) in [4.78, 5) is 0. The second-order valence-electron chi connectivity index (χ2n) is 1.53. The van der Waals surface area contributed by atoms with Gasteiger partial charge >= 0.3 is 0 Å². The topological polar surface area (TPSA) is 64.3 Å². The fraction of sp³-hybridized carbons (Fsp3) is 1.00. The van der Waals surface area contributed by atoms with Gasteiger partial charge in [0.05, 0.1) is 18.8 Å². The standard InChI is InChI=1S/C4H10NO2/c1-3(7)4(5)2-6/h3-7H,2H2,1H3/t3-,4-/m1/s1. The summed E-state index contributed by atoms with van der Waals surface area (Å²) >= 11 is 0. The van der Waals surface area contributed by atoms with Crippen molar-refractivity contribution in [2.45, 2.75) is 19.1 Å². The van der Waals surface area contributed by atoms with Gasteiger partial charge in [0.2, 0.25) is 0 Å². The Morgan fingerprint density at radius 3 is 2.14 bits per heavy atom. The maximum atomic E-state index is 8.47. The predicted molar refractivity (Wildman–Crippen MR) is 25.7 cm³/mol. The van der Waals surface area contributed by atoms with Crippen molar-refractivity contribution in [1.82, 2.24) is 5.73 Å². The van der Waals surface area contributed by atoms with Crippen LogP contribution in [0.25, 0.3) is 0 Å². The van der Waals surface area contributed by atoms with Gasteiger partial charge in [-0.15, -0.1) is 0 Å². The van der Waals surface area contributed by atoms with Crippen LogP contribution in [0.4, 0.5) is 0 Å². The Balaban J connectivity index is 3.14. The zero-order valence-electron chi connectivity index (χ0n) is 4.26. The molecule has 0 saturated heterocycles. The number of aliphatic hydroxyl groups is 2. The summed E-state index contributed by atoms with van der Waals surface area (Å²) in [5.74, 6) is 0. The summed E-state index contributed by atoms with van der Waals surface area (Å²) in [5.41, 5.74) is 6.78. The van der Waals surface area contributed by atoms with Crippen LogP contribution in [-0.2, 0) is 0 Å². The second kappa shape index (κ2) is 2.96. The minimum absolute atomic E-state index is 0.266. The van der Waals surface area contributed by atoms with E-state index in [1.165, 1.54) is 6.92 Å². The molecule has 0 rings (SSSR count). The first-order chi connectivity index (χ1) is 3.18. The SMILES string of the molecule is C[C@@H](O)[C@H]([NH])CO. The van der Waals surface area contributed by atoms with E-state index in [0.29, 0.717) is 0 Å². The van der Waals surface area contributed by atoms with E-state index in [1.54, 1.807) is 0 Å². The summed E-state index contributed by atoms with van der Waals surface area (Å²) in [6.45, 7) is 1.21. The first-order valence-corrected chi connectivity index (χ1v) is 2.18.